The molecule has 0 fully saturated rings. The smallest absolute Gasteiger partial charge is 0.308 e. The molecule has 0 atom stereocenters. The average Bonchev–Trinajstić information content (AvgIpc) is 2.80. The number of esters is 1. The van der Waals surface area contributed by atoms with Crippen LogP contribution in [0.3, 0.4) is 0 Å². The molecular formula is C18H14N2O2. The number of rotatable bonds is 1. The number of aryl methyl sites for hydroxylation is 1. The highest BCUT2D eigenvalue weighted by atomic mass is 16.5. The van der Waals surface area contributed by atoms with Crippen molar-refractivity contribution in [3.05, 3.63) is 48.5 Å². The van der Waals surface area contributed by atoms with Gasteiger partial charge in [-0.3, -0.25) is 4.79 Å². The van der Waals surface area contributed by atoms with E-state index < -0.39 is 0 Å². The first-order valence-corrected chi connectivity index (χ1v) is 7.11. The average molecular weight is 290 g/mol. The molecule has 0 amide bonds. The number of pyridine rings is 1. The Bertz CT molecular complexity index is 1050. The molecule has 0 aliphatic heterocycles. The van der Waals surface area contributed by atoms with Crippen LogP contribution in [0.2, 0.25) is 0 Å². The molecule has 4 heteroatoms. The van der Waals surface area contributed by atoms with Gasteiger partial charge < -0.3 is 9.30 Å². The van der Waals surface area contributed by atoms with Crippen molar-refractivity contribution in [2.45, 2.75) is 6.92 Å². The van der Waals surface area contributed by atoms with Gasteiger partial charge in [0.15, 0.2) is 5.75 Å². The second-order valence-electron chi connectivity index (χ2n) is 5.33. The minimum absolute atomic E-state index is 0.331. The molecule has 4 nitrogen and oxygen atoms in total. The number of benzene rings is 2. The van der Waals surface area contributed by atoms with Crippen LogP contribution in [0.5, 0.6) is 5.75 Å². The maximum Gasteiger partial charge on any atom is 0.308 e. The third kappa shape index (κ3) is 1.70. The largest absolute Gasteiger partial charge is 0.424 e. The summed E-state index contributed by atoms with van der Waals surface area (Å²) in [6.07, 6.45) is 0. The zero-order valence-corrected chi connectivity index (χ0v) is 12.3. The molecule has 0 N–H and O–H groups in total. The van der Waals surface area contributed by atoms with E-state index in [0.717, 1.165) is 32.8 Å². The van der Waals surface area contributed by atoms with Gasteiger partial charge in [0.05, 0.1) is 11.0 Å². The lowest BCUT2D eigenvalue weighted by Gasteiger charge is -2.09. The minimum Gasteiger partial charge on any atom is -0.424 e. The molecule has 0 saturated heterocycles. The first-order chi connectivity index (χ1) is 10.7. The lowest BCUT2D eigenvalue weighted by atomic mass is 10.1. The normalized spacial score (nSPS) is 11.4. The van der Waals surface area contributed by atoms with Gasteiger partial charge in [-0.05, 0) is 18.2 Å². The number of para-hydroxylation sites is 2. The molecule has 2 aromatic carbocycles. The fourth-order valence-corrected chi connectivity index (χ4v) is 3.00. The van der Waals surface area contributed by atoms with Crippen LogP contribution in [0, 0.1) is 0 Å². The number of fused-ring (bicyclic) bond motifs is 4. The van der Waals surface area contributed by atoms with Gasteiger partial charge in [-0.15, -0.1) is 0 Å². The van der Waals surface area contributed by atoms with Crippen LogP contribution in [0.4, 0.5) is 0 Å². The number of aromatic nitrogens is 2. The lowest BCUT2D eigenvalue weighted by molar-refractivity contribution is -0.131. The van der Waals surface area contributed by atoms with Crippen LogP contribution in [-0.4, -0.2) is 15.5 Å². The van der Waals surface area contributed by atoms with Gasteiger partial charge in [0.2, 0.25) is 0 Å². The second-order valence-corrected chi connectivity index (χ2v) is 5.33. The highest BCUT2D eigenvalue weighted by molar-refractivity contribution is 6.13. The van der Waals surface area contributed by atoms with Crippen LogP contribution in [0.1, 0.15) is 6.92 Å². The van der Waals surface area contributed by atoms with Gasteiger partial charge in [-0.1, -0.05) is 30.3 Å². The summed E-state index contributed by atoms with van der Waals surface area (Å²) < 4.78 is 7.58. The summed E-state index contributed by atoms with van der Waals surface area (Å²) in [6, 6.07) is 15.8. The first kappa shape index (κ1) is 12.8. The van der Waals surface area contributed by atoms with Crippen LogP contribution in [0.15, 0.2) is 48.5 Å². The molecule has 0 aliphatic rings. The van der Waals surface area contributed by atoms with Gasteiger partial charge in [0.1, 0.15) is 11.0 Å². The van der Waals surface area contributed by atoms with Gasteiger partial charge >= 0.3 is 5.97 Å². The Morgan fingerprint density at radius 1 is 1.05 bits per heavy atom. The highest BCUT2D eigenvalue weighted by Crippen LogP contribution is 2.37. The summed E-state index contributed by atoms with van der Waals surface area (Å²) in [5, 5.41) is 1.90. The molecule has 0 radical (unpaired) electrons. The molecule has 108 valence electrons. The maximum atomic E-state index is 11.6. The van der Waals surface area contributed by atoms with Crippen LogP contribution < -0.4 is 4.74 Å². The third-order valence-electron chi connectivity index (χ3n) is 3.92. The van der Waals surface area contributed by atoms with Crippen molar-refractivity contribution >= 4 is 38.8 Å². The van der Waals surface area contributed by atoms with E-state index in [9.17, 15) is 4.79 Å². The molecule has 0 spiro atoms. The number of carbonyl (C=O) groups excluding carboxylic acids is 1. The van der Waals surface area contributed by atoms with E-state index in [1.165, 1.54) is 6.92 Å². The van der Waals surface area contributed by atoms with E-state index >= 15 is 0 Å². The summed E-state index contributed by atoms with van der Waals surface area (Å²) in [4.78, 5) is 16.4. The zero-order chi connectivity index (χ0) is 15.3. The highest BCUT2D eigenvalue weighted by Gasteiger charge is 2.18. The number of ether oxygens (including phenoxy) is 1. The Labute approximate surface area is 126 Å². The molecule has 0 bridgehead atoms. The summed E-state index contributed by atoms with van der Waals surface area (Å²) in [5.41, 5.74) is 3.58. The van der Waals surface area contributed by atoms with E-state index in [1.54, 1.807) is 0 Å². The molecular weight excluding hydrogens is 276 g/mol. The van der Waals surface area contributed by atoms with Crippen molar-refractivity contribution in [3.8, 4) is 5.75 Å². The van der Waals surface area contributed by atoms with Crippen molar-refractivity contribution in [1.29, 1.82) is 0 Å². The second kappa shape index (κ2) is 4.56. The van der Waals surface area contributed by atoms with Crippen molar-refractivity contribution < 1.29 is 9.53 Å². The van der Waals surface area contributed by atoms with E-state index in [0.29, 0.717) is 5.75 Å². The van der Waals surface area contributed by atoms with E-state index in [2.05, 4.69) is 0 Å². The standard InChI is InChI=1S/C18H14N2O2/c1-11(21)22-18-12-7-3-5-9-14(12)19-16-13-8-4-6-10-15(13)20(2)17(16)18/h3-10H,1-2H3. The number of carbonyl (C=O) groups is 1. The topological polar surface area (TPSA) is 44.1 Å². The van der Waals surface area contributed by atoms with Crippen molar-refractivity contribution in [2.24, 2.45) is 7.05 Å². The SMILES string of the molecule is CC(=O)Oc1c2ccccc2nc2c3ccccc3n(C)c12. The maximum absolute atomic E-state index is 11.6. The van der Waals surface area contributed by atoms with Crippen molar-refractivity contribution in [1.82, 2.24) is 9.55 Å². The Balaban J connectivity index is 2.28. The van der Waals surface area contributed by atoms with Gasteiger partial charge in [0, 0.05) is 24.7 Å². The predicted octanol–water partition coefficient (Wildman–Crippen LogP) is 3.81. The minimum atomic E-state index is -0.331. The summed E-state index contributed by atoms with van der Waals surface area (Å²) >= 11 is 0. The number of hydrogen-bond acceptors (Lipinski definition) is 3. The van der Waals surface area contributed by atoms with Crippen LogP contribution in [0.25, 0.3) is 32.8 Å². The first-order valence-electron chi connectivity index (χ1n) is 7.11. The fourth-order valence-electron chi connectivity index (χ4n) is 3.00. The van der Waals surface area contributed by atoms with Crippen molar-refractivity contribution in [2.75, 3.05) is 0 Å². The summed E-state index contributed by atoms with van der Waals surface area (Å²) in [7, 11) is 1.97. The zero-order valence-electron chi connectivity index (χ0n) is 12.3. The van der Waals surface area contributed by atoms with E-state index in [-0.39, 0.29) is 5.97 Å². The quantitative estimate of drug-likeness (QED) is 0.501. The molecule has 0 saturated carbocycles. The lowest BCUT2D eigenvalue weighted by Crippen LogP contribution is -2.04. The Morgan fingerprint density at radius 2 is 1.73 bits per heavy atom. The van der Waals surface area contributed by atoms with Crippen LogP contribution in [-0.2, 0) is 11.8 Å². The molecule has 0 unspecified atom stereocenters. The van der Waals surface area contributed by atoms with E-state index in [1.807, 2.05) is 60.1 Å². The molecule has 0 aliphatic carbocycles. The molecule has 4 aromatic rings. The molecule has 22 heavy (non-hydrogen) atoms. The Kier molecular flexibility index (Phi) is 2.66. The van der Waals surface area contributed by atoms with E-state index in [4.69, 9.17) is 9.72 Å². The Morgan fingerprint density at radius 3 is 2.50 bits per heavy atom. The summed E-state index contributed by atoms with van der Waals surface area (Å²) in [5.74, 6) is 0.245. The van der Waals surface area contributed by atoms with Crippen molar-refractivity contribution in [3.63, 3.8) is 0 Å². The number of hydrogen-bond donors (Lipinski definition) is 0. The number of nitrogens with zero attached hydrogens (tertiary/aromatic N) is 2. The fraction of sp³-hybridized carbons (Fsp3) is 0.111. The van der Waals surface area contributed by atoms with Gasteiger partial charge in [-0.2, -0.15) is 0 Å². The third-order valence-corrected chi connectivity index (χ3v) is 3.92. The molecule has 2 aromatic heterocycles. The van der Waals surface area contributed by atoms with Gasteiger partial charge in [-0.25, -0.2) is 4.98 Å². The monoisotopic (exact) mass is 290 g/mol. The predicted molar refractivity (Wildman–Crippen MR) is 87.0 cm³/mol. The van der Waals surface area contributed by atoms with Crippen LogP contribution >= 0.6 is 0 Å². The molecule has 4 rings (SSSR count). The van der Waals surface area contributed by atoms with Gasteiger partial charge in [0.25, 0.3) is 0 Å². The Hall–Kier alpha value is -2.88. The molecule has 2 heterocycles. The summed E-state index contributed by atoms with van der Waals surface area (Å²) in [6.45, 7) is 1.42.